The number of carbonyl (C=O) groups excluding carboxylic acids is 3. The van der Waals surface area contributed by atoms with Crippen molar-refractivity contribution in [2.24, 2.45) is 5.10 Å². The van der Waals surface area contributed by atoms with Gasteiger partial charge in [0.1, 0.15) is 5.82 Å². The van der Waals surface area contributed by atoms with Crippen LogP contribution in [0.4, 0.5) is 15.8 Å². The lowest BCUT2D eigenvalue weighted by Crippen LogP contribution is -2.21. The van der Waals surface area contributed by atoms with Gasteiger partial charge in [-0.3, -0.25) is 14.4 Å². The molecule has 0 heterocycles. The smallest absolute Gasteiger partial charge is 0.271 e. The summed E-state index contributed by atoms with van der Waals surface area (Å²) in [7, 11) is 0. The highest BCUT2D eigenvalue weighted by molar-refractivity contribution is 6.06. The summed E-state index contributed by atoms with van der Waals surface area (Å²) in [6.45, 7) is 3.01. The topological polar surface area (TPSA) is 99.7 Å². The van der Waals surface area contributed by atoms with Crippen molar-refractivity contribution in [1.82, 2.24) is 5.43 Å². The summed E-state index contributed by atoms with van der Waals surface area (Å²) in [6, 6.07) is 11.7. The first-order valence-electron chi connectivity index (χ1n) is 8.10. The Morgan fingerprint density at radius 2 is 1.44 bits per heavy atom. The second-order valence-corrected chi connectivity index (χ2v) is 5.78. The number of hydrazone groups is 1. The van der Waals surface area contributed by atoms with Crippen molar-refractivity contribution in [3.05, 3.63) is 59.9 Å². The lowest BCUT2D eigenvalue weighted by Gasteiger charge is -2.07. The van der Waals surface area contributed by atoms with E-state index >= 15 is 0 Å². The molecule has 0 atom stereocenters. The fourth-order valence-corrected chi connectivity index (χ4v) is 2.13. The predicted octanol–water partition coefficient (Wildman–Crippen LogP) is 2.92. The van der Waals surface area contributed by atoms with Crippen molar-refractivity contribution in [3.63, 3.8) is 0 Å². The molecule has 0 unspecified atom stereocenters. The second-order valence-electron chi connectivity index (χ2n) is 5.78. The molecule has 2 aromatic carbocycles. The number of benzene rings is 2. The van der Waals surface area contributed by atoms with Crippen LogP contribution in [-0.4, -0.2) is 23.4 Å². The molecule has 0 radical (unpaired) electrons. The van der Waals surface area contributed by atoms with Gasteiger partial charge in [0.15, 0.2) is 0 Å². The van der Waals surface area contributed by atoms with Gasteiger partial charge < -0.3 is 10.6 Å². The fraction of sp³-hybridized carbons (Fsp3) is 0.158. The number of nitrogens with one attached hydrogen (secondary N) is 3. The molecule has 0 saturated carbocycles. The van der Waals surface area contributed by atoms with E-state index in [4.69, 9.17) is 0 Å². The Labute approximate surface area is 155 Å². The van der Waals surface area contributed by atoms with Crippen molar-refractivity contribution >= 4 is 34.8 Å². The highest BCUT2D eigenvalue weighted by Crippen LogP contribution is 2.13. The Balaban J connectivity index is 1.85. The van der Waals surface area contributed by atoms with Crippen molar-refractivity contribution in [2.75, 3.05) is 10.6 Å². The van der Waals surface area contributed by atoms with E-state index in [1.165, 1.54) is 31.2 Å². The molecule has 2 aromatic rings. The zero-order chi connectivity index (χ0) is 19.8. The van der Waals surface area contributed by atoms with E-state index in [-0.39, 0.29) is 23.8 Å². The summed E-state index contributed by atoms with van der Waals surface area (Å²) in [6.07, 6.45) is -0.0167. The molecule has 27 heavy (non-hydrogen) atoms. The van der Waals surface area contributed by atoms with E-state index in [0.717, 1.165) is 0 Å². The normalized spacial score (nSPS) is 10.9. The number of amides is 3. The Bertz CT molecular complexity index is 862. The van der Waals surface area contributed by atoms with Crippen LogP contribution in [0.1, 0.15) is 30.6 Å². The van der Waals surface area contributed by atoms with Gasteiger partial charge in [-0.15, -0.1) is 0 Å². The maximum absolute atomic E-state index is 12.8. The monoisotopic (exact) mass is 370 g/mol. The van der Waals surface area contributed by atoms with Crippen molar-refractivity contribution in [2.45, 2.75) is 20.3 Å². The van der Waals surface area contributed by atoms with Gasteiger partial charge in [-0.2, -0.15) is 5.10 Å². The molecule has 7 nitrogen and oxygen atoms in total. The number of hydrogen-bond donors (Lipinski definition) is 3. The average Bonchev–Trinajstić information content (AvgIpc) is 2.61. The summed E-state index contributed by atoms with van der Waals surface area (Å²) >= 11 is 0. The van der Waals surface area contributed by atoms with Gasteiger partial charge >= 0.3 is 0 Å². The van der Waals surface area contributed by atoms with Crippen molar-refractivity contribution < 1.29 is 18.8 Å². The molecule has 0 aliphatic carbocycles. The molecule has 0 spiro atoms. The second kappa shape index (κ2) is 9.23. The Morgan fingerprint density at radius 1 is 0.889 bits per heavy atom. The SMILES string of the molecule is CC(=O)Nc1ccc(NC(=O)C/C(C)=N\NC(=O)c2ccc(F)cc2)cc1. The number of halogens is 1. The van der Waals surface area contributed by atoms with E-state index in [1.54, 1.807) is 31.2 Å². The molecule has 0 aromatic heterocycles. The van der Waals surface area contributed by atoms with Crippen LogP contribution >= 0.6 is 0 Å². The van der Waals surface area contributed by atoms with Crippen molar-refractivity contribution in [1.29, 1.82) is 0 Å². The molecule has 8 heteroatoms. The van der Waals surface area contributed by atoms with Gasteiger partial charge in [-0.1, -0.05) is 0 Å². The fourth-order valence-electron chi connectivity index (χ4n) is 2.13. The number of nitrogens with zero attached hydrogens (tertiary/aromatic N) is 1. The molecule has 140 valence electrons. The van der Waals surface area contributed by atoms with E-state index in [2.05, 4.69) is 21.2 Å². The van der Waals surface area contributed by atoms with Crippen LogP contribution in [0.5, 0.6) is 0 Å². The first kappa shape index (κ1) is 19.8. The standard InChI is InChI=1S/C19H19FN4O3/c1-12(23-24-19(27)14-3-5-15(20)6-4-14)11-18(26)22-17-9-7-16(8-10-17)21-13(2)25/h3-10H,11H2,1-2H3,(H,21,25)(H,22,26)(H,24,27)/b23-12-. The molecule has 0 aliphatic rings. The average molecular weight is 370 g/mol. The highest BCUT2D eigenvalue weighted by Gasteiger charge is 2.07. The van der Waals surface area contributed by atoms with Crippen molar-refractivity contribution in [3.8, 4) is 0 Å². The molecule has 0 bridgehead atoms. The molecular weight excluding hydrogens is 351 g/mol. The van der Waals surface area contributed by atoms with Gasteiger partial charge in [0.25, 0.3) is 5.91 Å². The quantitative estimate of drug-likeness (QED) is 0.538. The lowest BCUT2D eigenvalue weighted by atomic mass is 10.2. The third-order valence-corrected chi connectivity index (χ3v) is 3.36. The maximum atomic E-state index is 12.8. The lowest BCUT2D eigenvalue weighted by molar-refractivity contribution is -0.115. The van der Waals surface area contributed by atoms with E-state index in [0.29, 0.717) is 17.1 Å². The van der Waals surface area contributed by atoms with Crippen LogP contribution in [0.3, 0.4) is 0 Å². The van der Waals surface area contributed by atoms with Gasteiger partial charge in [-0.25, -0.2) is 9.82 Å². The first-order chi connectivity index (χ1) is 12.8. The molecule has 3 N–H and O–H groups in total. The molecule has 0 aliphatic heterocycles. The summed E-state index contributed by atoms with van der Waals surface area (Å²) in [5, 5.41) is 9.19. The van der Waals surface area contributed by atoms with E-state index < -0.39 is 11.7 Å². The highest BCUT2D eigenvalue weighted by atomic mass is 19.1. The predicted molar refractivity (Wildman–Crippen MR) is 101 cm³/mol. The zero-order valence-electron chi connectivity index (χ0n) is 14.9. The number of anilines is 2. The first-order valence-corrected chi connectivity index (χ1v) is 8.10. The maximum Gasteiger partial charge on any atom is 0.271 e. The molecule has 0 fully saturated rings. The Hall–Kier alpha value is -3.55. The minimum absolute atomic E-state index is 0.0167. The largest absolute Gasteiger partial charge is 0.326 e. The van der Waals surface area contributed by atoms with Crippen LogP contribution in [0.25, 0.3) is 0 Å². The molecule has 2 rings (SSSR count). The molecular formula is C19H19FN4O3. The third kappa shape index (κ3) is 6.69. The van der Waals surface area contributed by atoms with Crippen LogP contribution in [0.2, 0.25) is 0 Å². The summed E-state index contributed by atoms with van der Waals surface area (Å²) in [4.78, 5) is 34.9. The van der Waals surface area contributed by atoms with Gasteiger partial charge in [0, 0.05) is 29.6 Å². The van der Waals surface area contributed by atoms with E-state index in [1.807, 2.05) is 0 Å². The van der Waals surface area contributed by atoms with Crippen LogP contribution in [0, 0.1) is 5.82 Å². The number of hydrogen-bond acceptors (Lipinski definition) is 4. The Kier molecular flexibility index (Phi) is 6.76. The van der Waals surface area contributed by atoms with Crippen LogP contribution in [0.15, 0.2) is 53.6 Å². The zero-order valence-corrected chi connectivity index (χ0v) is 14.9. The van der Waals surface area contributed by atoms with Gasteiger partial charge in [0.05, 0.1) is 6.42 Å². The summed E-state index contributed by atoms with van der Waals surface area (Å²) in [5.41, 5.74) is 4.17. The Morgan fingerprint density at radius 3 is 2.00 bits per heavy atom. The minimum atomic E-state index is -0.497. The van der Waals surface area contributed by atoms with E-state index in [9.17, 15) is 18.8 Å². The third-order valence-electron chi connectivity index (χ3n) is 3.36. The van der Waals surface area contributed by atoms with Crippen LogP contribution in [-0.2, 0) is 9.59 Å². The number of rotatable bonds is 6. The summed E-state index contributed by atoms with van der Waals surface area (Å²) in [5.74, 6) is -1.42. The van der Waals surface area contributed by atoms with Crippen LogP contribution < -0.4 is 16.1 Å². The summed E-state index contributed by atoms with van der Waals surface area (Å²) < 4.78 is 12.8. The van der Waals surface area contributed by atoms with Gasteiger partial charge in [-0.05, 0) is 55.5 Å². The molecule has 3 amide bonds. The molecule has 0 saturated heterocycles. The number of carbonyl (C=O) groups is 3. The van der Waals surface area contributed by atoms with Gasteiger partial charge in [0.2, 0.25) is 11.8 Å². The minimum Gasteiger partial charge on any atom is -0.326 e.